The fourth-order valence-electron chi connectivity index (χ4n) is 1.72. The fourth-order valence-corrected chi connectivity index (χ4v) is 1.72. The van der Waals surface area contributed by atoms with E-state index in [4.69, 9.17) is 0 Å². The van der Waals surface area contributed by atoms with Gasteiger partial charge in [0.15, 0.2) is 0 Å². The highest BCUT2D eigenvalue weighted by molar-refractivity contribution is 5.20. The molecule has 0 bridgehead atoms. The molecule has 0 spiro atoms. The lowest BCUT2D eigenvalue weighted by atomic mass is 10.1. The summed E-state index contributed by atoms with van der Waals surface area (Å²) in [5.41, 5.74) is 0.421. The second kappa shape index (κ2) is 4.55. The molecular weight excluding hydrogens is 218 g/mol. The lowest BCUT2D eigenvalue weighted by Gasteiger charge is -2.12. The summed E-state index contributed by atoms with van der Waals surface area (Å²) < 4.78 is 3.31. The lowest BCUT2D eigenvalue weighted by Crippen LogP contribution is -2.17. The van der Waals surface area contributed by atoms with Crippen LogP contribution in [-0.4, -0.2) is 19.2 Å². The standard InChI is InChI=1S/C12H15N3O2/c1-3-15-7-5-13-12(15)11(17)9-4-6-14(2)10(16)8-9/h4-8,11,17H,3H2,1-2H3. The highest BCUT2D eigenvalue weighted by atomic mass is 16.3. The van der Waals surface area contributed by atoms with Crippen molar-refractivity contribution < 1.29 is 5.11 Å². The first-order valence-corrected chi connectivity index (χ1v) is 5.49. The van der Waals surface area contributed by atoms with Crippen LogP contribution in [0.1, 0.15) is 24.4 Å². The zero-order valence-electron chi connectivity index (χ0n) is 9.87. The van der Waals surface area contributed by atoms with Crippen LogP contribution in [-0.2, 0) is 13.6 Å². The third-order valence-corrected chi connectivity index (χ3v) is 2.78. The predicted molar refractivity (Wildman–Crippen MR) is 63.6 cm³/mol. The summed E-state index contributed by atoms with van der Waals surface area (Å²) in [6.07, 6.45) is 4.22. The Morgan fingerprint density at radius 2 is 2.24 bits per heavy atom. The Labute approximate surface area is 99.0 Å². The Hall–Kier alpha value is -1.88. The van der Waals surface area contributed by atoms with Crippen molar-refractivity contribution in [1.29, 1.82) is 0 Å². The van der Waals surface area contributed by atoms with Crippen LogP contribution in [0.4, 0.5) is 0 Å². The van der Waals surface area contributed by atoms with Crippen molar-refractivity contribution in [1.82, 2.24) is 14.1 Å². The first-order valence-electron chi connectivity index (χ1n) is 5.49. The van der Waals surface area contributed by atoms with E-state index >= 15 is 0 Å². The molecule has 90 valence electrons. The van der Waals surface area contributed by atoms with E-state index in [1.165, 1.54) is 10.6 Å². The van der Waals surface area contributed by atoms with Gasteiger partial charge in [-0.1, -0.05) is 0 Å². The van der Waals surface area contributed by atoms with Crippen LogP contribution < -0.4 is 5.56 Å². The largest absolute Gasteiger partial charge is 0.380 e. The van der Waals surface area contributed by atoms with Crippen LogP contribution in [0.5, 0.6) is 0 Å². The monoisotopic (exact) mass is 233 g/mol. The quantitative estimate of drug-likeness (QED) is 0.848. The van der Waals surface area contributed by atoms with Crippen LogP contribution >= 0.6 is 0 Å². The molecule has 2 heterocycles. The Morgan fingerprint density at radius 3 is 2.88 bits per heavy atom. The van der Waals surface area contributed by atoms with Gasteiger partial charge in [0.25, 0.3) is 5.56 Å². The van der Waals surface area contributed by atoms with Crippen LogP contribution in [0.3, 0.4) is 0 Å². The zero-order chi connectivity index (χ0) is 12.4. The van der Waals surface area contributed by atoms with Gasteiger partial charge in [-0.15, -0.1) is 0 Å². The van der Waals surface area contributed by atoms with Crippen molar-refractivity contribution in [3.05, 3.63) is 52.5 Å². The summed E-state index contributed by atoms with van der Waals surface area (Å²) in [5, 5.41) is 10.2. The Kier molecular flexibility index (Phi) is 3.10. The summed E-state index contributed by atoms with van der Waals surface area (Å²) in [7, 11) is 1.67. The Morgan fingerprint density at radius 1 is 1.47 bits per heavy atom. The van der Waals surface area contributed by atoms with Crippen molar-refractivity contribution in [2.75, 3.05) is 0 Å². The molecule has 17 heavy (non-hydrogen) atoms. The number of aryl methyl sites for hydroxylation is 2. The second-order valence-electron chi connectivity index (χ2n) is 3.88. The van der Waals surface area contributed by atoms with E-state index in [1.807, 2.05) is 11.5 Å². The summed E-state index contributed by atoms with van der Waals surface area (Å²) in [6.45, 7) is 2.71. The molecule has 5 nitrogen and oxygen atoms in total. The second-order valence-corrected chi connectivity index (χ2v) is 3.88. The highest BCUT2D eigenvalue weighted by Gasteiger charge is 2.16. The van der Waals surface area contributed by atoms with Crippen molar-refractivity contribution >= 4 is 0 Å². The van der Waals surface area contributed by atoms with Gasteiger partial charge in [-0.25, -0.2) is 4.98 Å². The van der Waals surface area contributed by atoms with Gasteiger partial charge in [0.05, 0.1) is 0 Å². The zero-order valence-corrected chi connectivity index (χ0v) is 9.87. The molecule has 0 aliphatic heterocycles. The first-order chi connectivity index (χ1) is 8.13. The minimum Gasteiger partial charge on any atom is -0.380 e. The van der Waals surface area contributed by atoms with Crippen LogP contribution in [0.15, 0.2) is 35.5 Å². The molecule has 0 saturated carbocycles. The molecule has 1 atom stereocenters. The molecule has 0 radical (unpaired) electrons. The maximum atomic E-state index is 11.5. The van der Waals surface area contributed by atoms with Gasteiger partial charge in [-0.3, -0.25) is 4.79 Å². The third kappa shape index (κ3) is 2.14. The Bertz CT molecular complexity index is 571. The van der Waals surface area contributed by atoms with Crippen molar-refractivity contribution in [3.63, 3.8) is 0 Å². The molecule has 0 aromatic carbocycles. The fraction of sp³-hybridized carbons (Fsp3) is 0.333. The number of rotatable bonds is 3. The number of pyridine rings is 1. The van der Waals surface area contributed by atoms with E-state index in [2.05, 4.69) is 4.98 Å². The molecule has 2 aromatic rings. The molecule has 1 N–H and O–H groups in total. The molecular formula is C12H15N3O2. The number of aliphatic hydroxyl groups excluding tert-OH is 1. The van der Waals surface area contributed by atoms with Gasteiger partial charge < -0.3 is 14.2 Å². The van der Waals surface area contributed by atoms with E-state index in [0.29, 0.717) is 11.4 Å². The van der Waals surface area contributed by atoms with E-state index < -0.39 is 6.10 Å². The molecule has 2 rings (SSSR count). The van der Waals surface area contributed by atoms with Gasteiger partial charge in [0.2, 0.25) is 0 Å². The topological polar surface area (TPSA) is 60.0 Å². The van der Waals surface area contributed by atoms with Gasteiger partial charge in [-0.05, 0) is 18.6 Å². The van der Waals surface area contributed by atoms with Gasteiger partial charge in [0, 0.05) is 38.2 Å². The molecule has 2 aromatic heterocycles. The molecule has 0 amide bonds. The molecule has 0 saturated heterocycles. The smallest absolute Gasteiger partial charge is 0.250 e. The molecule has 0 aliphatic rings. The predicted octanol–water partition coefficient (Wildman–Crippen LogP) is 0.683. The summed E-state index contributed by atoms with van der Waals surface area (Å²) in [4.78, 5) is 15.6. The molecule has 0 fully saturated rings. The number of nitrogens with zero attached hydrogens (tertiary/aromatic N) is 3. The Balaban J connectivity index is 2.40. The lowest BCUT2D eigenvalue weighted by molar-refractivity contribution is 0.204. The van der Waals surface area contributed by atoms with Crippen molar-refractivity contribution in [2.24, 2.45) is 7.05 Å². The van der Waals surface area contributed by atoms with E-state index in [9.17, 15) is 9.90 Å². The number of aromatic nitrogens is 3. The highest BCUT2D eigenvalue weighted by Crippen LogP contribution is 2.18. The molecule has 0 aliphatic carbocycles. The summed E-state index contributed by atoms with van der Waals surface area (Å²) in [6, 6.07) is 3.15. The minimum atomic E-state index is -0.862. The number of hydrogen-bond acceptors (Lipinski definition) is 3. The SMILES string of the molecule is CCn1ccnc1C(O)c1ccn(C)c(=O)c1. The van der Waals surface area contributed by atoms with Gasteiger partial charge >= 0.3 is 0 Å². The number of aliphatic hydroxyl groups is 1. The van der Waals surface area contributed by atoms with Gasteiger partial charge in [-0.2, -0.15) is 0 Å². The summed E-state index contributed by atoms with van der Waals surface area (Å²) in [5.74, 6) is 0.556. The van der Waals surface area contributed by atoms with Crippen molar-refractivity contribution in [3.8, 4) is 0 Å². The third-order valence-electron chi connectivity index (χ3n) is 2.78. The van der Waals surface area contributed by atoms with E-state index in [1.54, 1.807) is 31.7 Å². The normalized spacial score (nSPS) is 12.6. The molecule has 5 heteroatoms. The average Bonchev–Trinajstić information content (AvgIpc) is 2.80. The van der Waals surface area contributed by atoms with Crippen molar-refractivity contribution in [2.45, 2.75) is 19.6 Å². The van der Waals surface area contributed by atoms with Crippen LogP contribution in [0.25, 0.3) is 0 Å². The minimum absolute atomic E-state index is 0.142. The van der Waals surface area contributed by atoms with Gasteiger partial charge in [0.1, 0.15) is 11.9 Å². The number of hydrogen-bond donors (Lipinski definition) is 1. The van der Waals surface area contributed by atoms with E-state index in [-0.39, 0.29) is 5.56 Å². The number of imidazole rings is 1. The maximum absolute atomic E-state index is 11.5. The maximum Gasteiger partial charge on any atom is 0.250 e. The van der Waals surface area contributed by atoms with E-state index in [0.717, 1.165) is 6.54 Å². The summed E-state index contributed by atoms with van der Waals surface area (Å²) >= 11 is 0. The van der Waals surface area contributed by atoms with Crippen LogP contribution in [0, 0.1) is 0 Å². The van der Waals surface area contributed by atoms with Crippen LogP contribution in [0.2, 0.25) is 0 Å². The first kappa shape index (κ1) is 11.6. The average molecular weight is 233 g/mol. The molecule has 1 unspecified atom stereocenters.